The highest BCUT2D eigenvalue weighted by Crippen LogP contribution is 2.13. The van der Waals surface area contributed by atoms with E-state index in [9.17, 15) is 8.42 Å². The molecule has 0 saturated carbocycles. The number of hydrogen-bond acceptors (Lipinski definition) is 5. The van der Waals surface area contributed by atoms with Crippen LogP contribution in [0.3, 0.4) is 0 Å². The van der Waals surface area contributed by atoms with Crippen LogP contribution in [0, 0.1) is 0 Å². The maximum Gasteiger partial charge on any atom is 0.244 e. The highest BCUT2D eigenvalue weighted by molar-refractivity contribution is 7.89. The lowest BCUT2D eigenvalue weighted by Gasteiger charge is -2.08. The van der Waals surface area contributed by atoms with Crippen LogP contribution < -0.4 is 10.5 Å². The standard InChI is InChI=1S/C10H13N5O2S/c11-10-9(2-1-3-13-10)18(16,17)14-5-7-15-6-4-12-8-15/h1-4,6,8,14H,5,7H2,(H2,11,13). The molecule has 2 aromatic rings. The van der Waals surface area contributed by atoms with Gasteiger partial charge in [-0.25, -0.2) is 23.1 Å². The van der Waals surface area contributed by atoms with Gasteiger partial charge in [-0.1, -0.05) is 0 Å². The molecule has 2 heterocycles. The van der Waals surface area contributed by atoms with Gasteiger partial charge in [-0.2, -0.15) is 0 Å². The Morgan fingerprint density at radius 2 is 2.22 bits per heavy atom. The second-order valence-electron chi connectivity index (χ2n) is 3.59. The van der Waals surface area contributed by atoms with Crippen LogP contribution in [-0.4, -0.2) is 29.5 Å². The number of pyridine rings is 1. The van der Waals surface area contributed by atoms with Gasteiger partial charge in [0.2, 0.25) is 10.0 Å². The zero-order valence-electron chi connectivity index (χ0n) is 9.52. The number of nitrogen functional groups attached to an aromatic ring is 1. The summed E-state index contributed by atoms with van der Waals surface area (Å²) < 4.78 is 28.1. The quantitative estimate of drug-likeness (QED) is 0.783. The lowest BCUT2D eigenvalue weighted by molar-refractivity contribution is 0.573. The Morgan fingerprint density at radius 1 is 1.39 bits per heavy atom. The molecule has 3 N–H and O–H groups in total. The molecule has 96 valence electrons. The van der Waals surface area contributed by atoms with Crippen molar-refractivity contribution in [1.29, 1.82) is 0 Å². The summed E-state index contributed by atoms with van der Waals surface area (Å²) in [5.41, 5.74) is 5.53. The van der Waals surface area contributed by atoms with Crippen LogP contribution >= 0.6 is 0 Å². The van der Waals surface area contributed by atoms with Crippen molar-refractivity contribution in [1.82, 2.24) is 19.3 Å². The van der Waals surface area contributed by atoms with Crippen LogP contribution in [0.15, 0.2) is 41.9 Å². The lowest BCUT2D eigenvalue weighted by Crippen LogP contribution is -2.28. The summed E-state index contributed by atoms with van der Waals surface area (Å²) in [6, 6.07) is 2.95. The van der Waals surface area contributed by atoms with E-state index >= 15 is 0 Å². The fourth-order valence-corrected chi connectivity index (χ4v) is 2.54. The van der Waals surface area contributed by atoms with E-state index in [4.69, 9.17) is 5.73 Å². The summed E-state index contributed by atoms with van der Waals surface area (Å²) in [7, 11) is -3.62. The number of rotatable bonds is 5. The molecule has 0 aliphatic carbocycles. The molecule has 0 bridgehead atoms. The second kappa shape index (κ2) is 5.15. The molecule has 0 spiro atoms. The Labute approximate surface area is 105 Å². The third-order valence-electron chi connectivity index (χ3n) is 2.31. The molecule has 0 radical (unpaired) electrons. The van der Waals surface area contributed by atoms with E-state index in [1.165, 1.54) is 18.3 Å². The van der Waals surface area contributed by atoms with Gasteiger partial charge < -0.3 is 10.3 Å². The first kappa shape index (κ1) is 12.5. The number of hydrogen-bond donors (Lipinski definition) is 2. The van der Waals surface area contributed by atoms with E-state index in [1.807, 2.05) is 0 Å². The molecule has 2 rings (SSSR count). The summed E-state index contributed by atoms with van der Waals surface area (Å²) in [5.74, 6) is -0.00682. The lowest BCUT2D eigenvalue weighted by atomic mass is 10.5. The van der Waals surface area contributed by atoms with E-state index in [1.54, 1.807) is 23.3 Å². The van der Waals surface area contributed by atoms with Gasteiger partial charge in [-0.05, 0) is 12.1 Å². The highest BCUT2D eigenvalue weighted by Gasteiger charge is 2.16. The molecular weight excluding hydrogens is 254 g/mol. The number of anilines is 1. The van der Waals surface area contributed by atoms with Crippen molar-refractivity contribution in [2.24, 2.45) is 0 Å². The van der Waals surface area contributed by atoms with Gasteiger partial charge in [0.15, 0.2) is 0 Å². The number of nitrogens with two attached hydrogens (primary N) is 1. The van der Waals surface area contributed by atoms with Crippen molar-refractivity contribution < 1.29 is 8.42 Å². The van der Waals surface area contributed by atoms with Gasteiger partial charge in [0.1, 0.15) is 10.7 Å². The smallest absolute Gasteiger partial charge is 0.244 e. The molecule has 2 aromatic heterocycles. The molecule has 0 aliphatic heterocycles. The number of nitrogens with zero attached hydrogens (tertiary/aromatic N) is 3. The normalized spacial score (nSPS) is 11.6. The van der Waals surface area contributed by atoms with Crippen molar-refractivity contribution in [3.63, 3.8) is 0 Å². The van der Waals surface area contributed by atoms with Crippen molar-refractivity contribution in [3.05, 3.63) is 37.1 Å². The van der Waals surface area contributed by atoms with Crippen molar-refractivity contribution in [2.75, 3.05) is 12.3 Å². The molecule has 0 fully saturated rings. The molecule has 8 heteroatoms. The van der Waals surface area contributed by atoms with Crippen LogP contribution in [0.25, 0.3) is 0 Å². The first-order valence-electron chi connectivity index (χ1n) is 5.25. The molecule has 7 nitrogen and oxygen atoms in total. The number of aromatic nitrogens is 3. The molecule has 18 heavy (non-hydrogen) atoms. The topological polar surface area (TPSA) is 103 Å². The van der Waals surface area contributed by atoms with Crippen molar-refractivity contribution in [2.45, 2.75) is 11.4 Å². The van der Waals surface area contributed by atoms with Crippen LogP contribution in [0.2, 0.25) is 0 Å². The Bertz CT molecular complexity index is 609. The minimum Gasteiger partial charge on any atom is -0.383 e. The first-order chi connectivity index (χ1) is 8.59. The average molecular weight is 267 g/mol. The monoisotopic (exact) mass is 267 g/mol. The highest BCUT2D eigenvalue weighted by atomic mass is 32.2. The van der Waals surface area contributed by atoms with Crippen LogP contribution in [-0.2, 0) is 16.6 Å². The maximum atomic E-state index is 11.9. The van der Waals surface area contributed by atoms with E-state index in [0.717, 1.165) is 0 Å². The Hall–Kier alpha value is -1.93. The first-order valence-corrected chi connectivity index (χ1v) is 6.74. The summed E-state index contributed by atoms with van der Waals surface area (Å²) in [4.78, 5) is 7.61. The van der Waals surface area contributed by atoms with Gasteiger partial charge >= 0.3 is 0 Å². The molecule has 0 atom stereocenters. The van der Waals surface area contributed by atoms with E-state index in [2.05, 4.69) is 14.7 Å². The molecular formula is C10H13N5O2S. The van der Waals surface area contributed by atoms with Crippen molar-refractivity contribution in [3.8, 4) is 0 Å². The average Bonchev–Trinajstić information content (AvgIpc) is 2.82. The largest absolute Gasteiger partial charge is 0.383 e. The number of imidazole rings is 1. The maximum absolute atomic E-state index is 11.9. The SMILES string of the molecule is Nc1ncccc1S(=O)(=O)NCCn1ccnc1. The minimum absolute atomic E-state index is 0.00405. The molecule has 0 aliphatic rings. The fraction of sp³-hybridized carbons (Fsp3) is 0.200. The Kier molecular flexibility index (Phi) is 3.58. The fourth-order valence-electron chi connectivity index (χ4n) is 1.44. The summed E-state index contributed by atoms with van der Waals surface area (Å²) in [5, 5.41) is 0. The van der Waals surface area contributed by atoms with Gasteiger partial charge in [0.25, 0.3) is 0 Å². The van der Waals surface area contributed by atoms with E-state index < -0.39 is 10.0 Å². The molecule has 0 amide bonds. The summed E-state index contributed by atoms with van der Waals surface area (Å²) in [6.07, 6.45) is 6.45. The Balaban J connectivity index is 2.02. The second-order valence-corrected chi connectivity index (χ2v) is 5.32. The van der Waals surface area contributed by atoms with E-state index in [-0.39, 0.29) is 17.3 Å². The van der Waals surface area contributed by atoms with Gasteiger partial charge in [0.05, 0.1) is 6.33 Å². The third kappa shape index (κ3) is 2.84. The Morgan fingerprint density at radius 3 is 2.89 bits per heavy atom. The van der Waals surface area contributed by atoms with Crippen LogP contribution in [0.4, 0.5) is 5.82 Å². The van der Waals surface area contributed by atoms with Crippen LogP contribution in [0.1, 0.15) is 0 Å². The predicted molar refractivity (Wildman–Crippen MR) is 66.1 cm³/mol. The zero-order chi connectivity index (χ0) is 13.0. The van der Waals surface area contributed by atoms with Gasteiger partial charge in [-0.3, -0.25) is 0 Å². The predicted octanol–water partition coefficient (Wildman–Crippen LogP) is -0.161. The van der Waals surface area contributed by atoms with E-state index in [0.29, 0.717) is 6.54 Å². The molecule has 0 aromatic carbocycles. The minimum atomic E-state index is -3.62. The zero-order valence-corrected chi connectivity index (χ0v) is 10.3. The van der Waals surface area contributed by atoms with Crippen LogP contribution in [0.5, 0.6) is 0 Å². The third-order valence-corrected chi connectivity index (χ3v) is 3.82. The molecule has 0 unspecified atom stereocenters. The van der Waals surface area contributed by atoms with Gasteiger partial charge in [0, 0.05) is 31.7 Å². The number of nitrogens with one attached hydrogen (secondary N) is 1. The van der Waals surface area contributed by atoms with Gasteiger partial charge in [-0.15, -0.1) is 0 Å². The number of sulfonamides is 1. The van der Waals surface area contributed by atoms with Crippen molar-refractivity contribution >= 4 is 15.8 Å². The summed E-state index contributed by atoms with van der Waals surface area (Å²) in [6.45, 7) is 0.756. The molecule has 0 saturated heterocycles. The summed E-state index contributed by atoms with van der Waals surface area (Å²) >= 11 is 0.